The summed E-state index contributed by atoms with van der Waals surface area (Å²) in [6, 6.07) is 15.5. The molecule has 1 unspecified atom stereocenters. The number of benzene rings is 2. The van der Waals surface area contributed by atoms with E-state index in [0.29, 0.717) is 42.9 Å². The fourth-order valence-electron chi connectivity index (χ4n) is 5.03. The third-order valence-corrected chi connectivity index (χ3v) is 7.03. The van der Waals surface area contributed by atoms with E-state index < -0.39 is 24.2 Å². The zero-order valence-corrected chi connectivity index (χ0v) is 21.9. The van der Waals surface area contributed by atoms with Crippen LogP contribution in [-0.4, -0.2) is 51.9 Å². The molecule has 0 saturated carbocycles. The maximum Gasteiger partial charge on any atom is 0.270 e. The van der Waals surface area contributed by atoms with Crippen molar-refractivity contribution in [3.05, 3.63) is 94.7 Å². The van der Waals surface area contributed by atoms with E-state index in [1.807, 2.05) is 30.3 Å². The molecule has 1 atom stereocenters. The van der Waals surface area contributed by atoms with Crippen molar-refractivity contribution in [1.29, 1.82) is 0 Å². The van der Waals surface area contributed by atoms with Crippen LogP contribution in [0.15, 0.2) is 60.7 Å². The standard InChI is InChI=1S/C31H29F3N4O2/c1-19-14-21(7-6-20-10-12-38(13-11-20)18-29(33)34)15-27(35-19)31(40)37-30(24-17-23(32)8-9-28(24)39)26-16-22-4-2-3-5-25(22)36-26/h2-5,8-9,14-17,20,29-30,36,39H,10-13,18H2,1H3,(H,37,40). The van der Waals surface area contributed by atoms with Crippen molar-refractivity contribution in [3.8, 4) is 17.6 Å². The van der Waals surface area contributed by atoms with E-state index in [1.54, 1.807) is 24.0 Å². The molecule has 2 aromatic carbocycles. The van der Waals surface area contributed by atoms with Crippen LogP contribution in [0.4, 0.5) is 13.2 Å². The van der Waals surface area contributed by atoms with Gasteiger partial charge in [0.15, 0.2) is 0 Å². The number of pyridine rings is 1. The maximum absolute atomic E-state index is 14.2. The van der Waals surface area contributed by atoms with Gasteiger partial charge in [-0.25, -0.2) is 18.2 Å². The smallest absolute Gasteiger partial charge is 0.270 e. The van der Waals surface area contributed by atoms with Gasteiger partial charge >= 0.3 is 0 Å². The van der Waals surface area contributed by atoms with E-state index in [2.05, 4.69) is 27.1 Å². The SMILES string of the molecule is Cc1cc(C#CC2CCN(CC(F)F)CC2)cc(C(=O)NC(c2cc3ccccc3[nH]2)c2cc(F)ccc2O)n1. The molecule has 9 heteroatoms. The number of aryl methyl sites for hydroxylation is 1. The summed E-state index contributed by atoms with van der Waals surface area (Å²) < 4.78 is 39.5. The Morgan fingerprint density at radius 1 is 1.15 bits per heavy atom. The monoisotopic (exact) mass is 546 g/mol. The van der Waals surface area contributed by atoms with E-state index in [-0.39, 0.29) is 29.5 Å². The van der Waals surface area contributed by atoms with Crippen LogP contribution in [0.5, 0.6) is 5.75 Å². The average molecular weight is 547 g/mol. The van der Waals surface area contributed by atoms with Crippen molar-refractivity contribution in [2.45, 2.75) is 32.2 Å². The molecule has 1 aliphatic heterocycles. The molecule has 0 spiro atoms. The Kier molecular flexibility index (Phi) is 8.08. The van der Waals surface area contributed by atoms with Crippen molar-refractivity contribution < 1.29 is 23.1 Å². The molecule has 0 radical (unpaired) electrons. The van der Waals surface area contributed by atoms with E-state index >= 15 is 0 Å². The summed E-state index contributed by atoms with van der Waals surface area (Å²) in [6.07, 6.45) is -0.923. The average Bonchev–Trinajstić information content (AvgIpc) is 3.36. The highest BCUT2D eigenvalue weighted by Crippen LogP contribution is 2.32. The highest BCUT2D eigenvalue weighted by Gasteiger charge is 2.24. The van der Waals surface area contributed by atoms with Gasteiger partial charge in [-0.3, -0.25) is 9.69 Å². The van der Waals surface area contributed by atoms with Gasteiger partial charge < -0.3 is 15.4 Å². The molecule has 1 aliphatic rings. The van der Waals surface area contributed by atoms with Crippen molar-refractivity contribution in [2.24, 2.45) is 5.92 Å². The summed E-state index contributed by atoms with van der Waals surface area (Å²) in [5.74, 6) is 5.21. The fraction of sp³-hybridized carbons (Fsp3) is 0.290. The normalized spacial score (nSPS) is 15.1. The number of aromatic hydroxyl groups is 1. The van der Waals surface area contributed by atoms with Gasteiger partial charge in [-0.15, -0.1) is 0 Å². The van der Waals surface area contributed by atoms with Gasteiger partial charge in [0.25, 0.3) is 12.3 Å². The van der Waals surface area contributed by atoms with Gasteiger partial charge in [-0.1, -0.05) is 30.0 Å². The number of phenolic OH excluding ortho intramolecular Hbond substituents is 1. The minimum Gasteiger partial charge on any atom is -0.508 e. The van der Waals surface area contributed by atoms with Gasteiger partial charge in [0.1, 0.15) is 17.3 Å². The van der Waals surface area contributed by atoms with Crippen LogP contribution in [0.1, 0.15) is 51.9 Å². The molecule has 6 nitrogen and oxygen atoms in total. The van der Waals surface area contributed by atoms with Gasteiger partial charge in [0, 0.05) is 33.9 Å². The number of rotatable bonds is 6. The van der Waals surface area contributed by atoms with Gasteiger partial charge in [0.05, 0.1) is 12.6 Å². The van der Waals surface area contributed by atoms with Gasteiger partial charge in [0.2, 0.25) is 0 Å². The number of para-hydroxylation sites is 1. The van der Waals surface area contributed by atoms with Crippen LogP contribution in [0.3, 0.4) is 0 Å². The number of nitrogens with one attached hydrogen (secondary N) is 2. The second-order valence-electron chi connectivity index (χ2n) is 10.0. The molecule has 0 aliphatic carbocycles. The number of likely N-dealkylation sites (tertiary alicyclic amines) is 1. The summed E-state index contributed by atoms with van der Waals surface area (Å²) >= 11 is 0. The van der Waals surface area contributed by atoms with Crippen LogP contribution >= 0.6 is 0 Å². The number of halogens is 3. The number of phenols is 1. The second kappa shape index (κ2) is 11.8. The van der Waals surface area contributed by atoms with Crippen molar-refractivity contribution >= 4 is 16.8 Å². The quantitative estimate of drug-likeness (QED) is 0.277. The largest absolute Gasteiger partial charge is 0.508 e. The van der Waals surface area contributed by atoms with Crippen molar-refractivity contribution in [1.82, 2.24) is 20.2 Å². The van der Waals surface area contributed by atoms with E-state index in [1.165, 1.54) is 12.1 Å². The molecule has 5 rings (SSSR count). The summed E-state index contributed by atoms with van der Waals surface area (Å²) in [4.78, 5) is 22.9. The number of amides is 1. The van der Waals surface area contributed by atoms with Gasteiger partial charge in [-0.2, -0.15) is 0 Å². The third-order valence-electron chi connectivity index (χ3n) is 7.03. The second-order valence-corrected chi connectivity index (χ2v) is 10.0. The number of carbonyl (C=O) groups excluding carboxylic acids is 1. The van der Waals surface area contributed by atoms with E-state index in [0.717, 1.165) is 17.0 Å². The topological polar surface area (TPSA) is 81.2 Å². The summed E-state index contributed by atoms with van der Waals surface area (Å²) in [7, 11) is 0. The fourth-order valence-corrected chi connectivity index (χ4v) is 5.03. The summed E-state index contributed by atoms with van der Waals surface area (Å²) in [6.45, 7) is 2.71. The number of alkyl halides is 2. The predicted molar refractivity (Wildman–Crippen MR) is 147 cm³/mol. The van der Waals surface area contributed by atoms with Crippen LogP contribution in [0, 0.1) is 30.5 Å². The summed E-state index contributed by atoms with van der Waals surface area (Å²) in [5, 5.41) is 14.4. The number of nitrogens with zero attached hydrogens (tertiary/aromatic N) is 2. The molecule has 2 aromatic heterocycles. The molecule has 0 bridgehead atoms. The molecule has 1 saturated heterocycles. The number of aromatic amines is 1. The van der Waals surface area contributed by atoms with E-state index in [4.69, 9.17) is 0 Å². The van der Waals surface area contributed by atoms with Crippen molar-refractivity contribution in [3.63, 3.8) is 0 Å². The number of H-pyrrole nitrogens is 1. The predicted octanol–water partition coefficient (Wildman–Crippen LogP) is 5.56. The lowest BCUT2D eigenvalue weighted by Crippen LogP contribution is -2.36. The van der Waals surface area contributed by atoms with Crippen LogP contribution in [0.2, 0.25) is 0 Å². The first-order valence-corrected chi connectivity index (χ1v) is 13.1. The molecule has 1 amide bonds. The number of fused-ring (bicyclic) bond motifs is 1. The number of hydrogen-bond acceptors (Lipinski definition) is 4. The minimum atomic E-state index is -2.34. The lowest BCUT2D eigenvalue weighted by molar-refractivity contribution is 0.0739. The highest BCUT2D eigenvalue weighted by atomic mass is 19.3. The molecule has 1 fully saturated rings. The highest BCUT2D eigenvalue weighted by molar-refractivity contribution is 5.93. The summed E-state index contributed by atoms with van der Waals surface area (Å²) in [5.41, 5.74) is 2.95. The maximum atomic E-state index is 14.2. The number of carbonyl (C=O) groups is 1. The molecule has 206 valence electrons. The number of piperidine rings is 1. The Labute approximate surface area is 230 Å². The van der Waals surface area contributed by atoms with Crippen LogP contribution < -0.4 is 5.32 Å². The van der Waals surface area contributed by atoms with Crippen LogP contribution in [0.25, 0.3) is 10.9 Å². The Balaban J connectivity index is 1.39. The number of aromatic nitrogens is 2. The van der Waals surface area contributed by atoms with E-state index in [9.17, 15) is 23.1 Å². The molecular weight excluding hydrogens is 517 g/mol. The lowest BCUT2D eigenvalue weighted by atomic mass is 9.97. The Hall–Kier alpha value is -4.29. The first-order valence-electron chi connectivity index (χ1n) is 13.1. The molecule has 3 N–H and O–H groups in total. The lowest BCUT2D eigenvalue weighted by Gasteiger charge is -2.29. The Morgan fingerprint density at radius 2 is 1.93 bits per heavy atom. The molecule has 4 aromatic rings. The Morgan fingerprint density at radius 3 is 2.67 bits per heavy atom. The van der Waals surface area contributed by atoms with Crippen molar-refractivity contribution in [2.75, 3.05) is 19.6 Å². The minimum absolute atomic E-state index is 0.0852. The first kappa shape index (κ1) is 27.3. The Bertz CT molecular complexity index is 1550. The molecule has 3 heterocycles. The van der Waals surface area contributed by atoms with Gasteiger partial charge in [-0.05, 0) is 80.7 Å². The molecular formula is C31H29F3N4O2. The third kappa shape index (κ3) is 6.46. The van der Waals surface area contributed by atoms with Crippen LogP contribution in [-0.2, 0) is 0 Å². The number of hydrogen-bond donors (Lipinski definition) is 3. The first-order chi connectivity index (χ1) is 19.2. The zero-order valence-electron chi connectivity index (χ0n) is 21.9. The zero-order chi connectivity index (χ0) is 28.2. The molecule has 40 heavy (non-hydrogen) atoms.